The van der Waals surface area contributed by atoms with Gasteiger partial charge in [-0.15, -0.1) is 0 Å². The monoisotopic (exact) mass is 370 g/mol. The molecular formula is C14H15F5N2O2S. The predicted molar refractivity (Wildman–Crippen MR) is 79.8 cm³/mol. The van der Waals surface area contributed by atoms with E-state index in [1.807, 2.05) is 0 Å². The Morgan fingerprint density at radius 2 is 1.92 bits per heavy atom. The molecule has 0 aliphatic rings. The fourth-order valence-corrected chi connectivity index (χ4v) is 2.21. The zero-order chi connectivity index (χ0) is 18.5. The molecule has 0 radical (unpaired) electrons. The van der Waals surface area contributed by atoms with E-state index in [0.29, 0.717) is 11.9 Å². The van der Waals surface area contributed by atoms with Crippen molar-refractivity contribution in [3.8, 4) is 0 Å². The lowest BCUT2D eigenvalue weighted by atomic mass is 10.1. The summed E-state index contributed by atoms with van der Waals surface area (Å²) in [5.41, 5.74) is -1.46. The van der Waals surface area contributed by atoms with Crippen molar-refractivity contribution in [2.24, 2.45) is 11.1 Å². The third kappa shape index (κ3) is 5.99. The van der Waals surface area contributed by atoms with Crippen molar-refractivity contribution in [2.45, 2.75) is 31.3 Å². The molecule has 0 N–H and O–H groups in total. The molecule has 10 heteroatoms. The largest absolute Gasteiger partial charge is 0.446 e. The third-order valence-corrected chi connectivity index (χ3v) is 3.59. The standard InChI is InChI=1S/C14H15F5N2O2S/c1-8(2)11(12(15)16)20-23-13(22)21(3)24-10-6-4-5-9(7-10)14(17,18)19/h4-8,12H,1-3H3. The van der Waals surface area contributed by atoms with E-state index in [9.17, 15) is 26.7 Å². The lowest BCUT2D eigenvalue weighted by Gasteiger charge is -2.15. The normalized spacial score (nSPS) is 12.7. The highest BCUT2D eigenvalue weighted by Crippen LogP contribution is 2.32. The van der Waals surface area contributed by atoms with E-state index < -0.39 is 35.9 Å². The number of hydrogen-bond acceptors (Lipinski definition) is 4. The van der Waals surface area contributed by atoms with E-state index in [0.717, 1.165) is 16.4 Å². The fourth-order valence-electron chi connectivity index (χ4n) is 1.47. The minimum atomic E-state index is -4.51. The van der Waals surface area contributed by atoms with Gasteiger partial charge in [-0.1, -0.05) is 25.1 Å². The summed E-state index contributed by atoms with van der Waals surface area (Å²) in [5, 5.41) is 3.12. The summed E-state index contributed by atoms with van der Waals surface area (Å²) < 4.78 is 64.0. The number of amides is 1. The zero-order valence-corrected chi connectivity index (χ0v) is 13.8. The van der Waals surface area contributed by atoms with Gasteiger partial charge in [0, 0.05) is 17.9 Å². The molecule has 0 saturated heterocycles. The lowest BCUT2D eigenvalue weighted by Crippen LogP contribution is -2.22. The molecule has 0 bridgehead atoms. The number of benzene rings is 1. The van der Waals surface area contributed by atoms with Gasteiger partial charge in [0.2, 0.25) is 0 Å². The van der Waals surface area contributed by atoms with Gasteiger partial charge in [-0.05, 0) is 30.1 Å². The topological polar surface area (TPSA) is 41.9 Å². The number of nitrogens with zero attached hydrogens (tertiary/aromatic N) is 2. The van der Waals surface area contributed by atoms with Gasteiger partial charge >= 0.3 is 12.3 Å². The highest BCUT2D eigenvalue weighted by atomic mass is 32.2. The van der Waals surface area contributed by atoms with Crippen LogP contribution >= 0.6 is 11.9 Å². The summed E-state index contributed by atoms with van der Waals surface area (Å²) in [6.45, 7) is 2.92. The Morgan fingerprint density at radius 1 is 1.29 bits per heavy atom. The van der Waals surface area contributed by atoms with Crippen molar-refractivity contribution < 1.29 is 31.6 Å². The lowest BCUT2D eigenvalue weighted by molar-refractivity contribution is -0.137. The Morgan fingerprint density at radius 3 is 2.42 bits per heavy atom. The summed E-state index contributed by atoms with van der Waals surface area (Å²) in [5.74, 6) is -0.626. The first-order chi connectivity index (χ1) is 11.0. The molecule has 1 amide bonds. The zero-order valence-electron chi connectivity index (χ0n) is 13.0. The molecular weight excluding hydrogens is 355 g/mol. The average molecular weight is 370 g/mol. The van der Waals surface area contributed by atoms with E-state index in [1.54, 1.807) is 0 Å². The highest BCUT2D eigenvalue weighted by molar-refractivity contribution is 7.97. The van der Waals surface area contributed by atoms with Crippen LogP contribution in [0.3, 0.4) is 0 Å². The summed E-state index contributed by atoms with van der Waals surface area (Å²) >= 11 is 0.652. The summed E-state index contributed by atoms with van der Waals surface area (Å²) in [6, 6.07) is 4.31. The molecule has 0 aliphatic heterocycles. The van der Waals surface area contributed by atoms with Crippen LogP contribution in [0.1, 0.15) is 19.4 Å². The number of hydrogen-bond donors (Lipinski definition) is 0. The minimum absolute atomic E-state index is 0.131. The van der Waals surface area contributed by atoms with Gasteiger partial charge in [0.25, 0.3) is 6.43 Å². The van der Waals surface area contributed by atoms with Gasteiger partial charge in [0.15, 0.2) is 0 Å². The first kappa shape index (κ1) is 20.2. The van der Waals surface area contributed by atoms with Crippen LogP contribution in [-0.2, 0) is 11.0 Å². The van der Waals surface area contributed by atoms with Gasteiger partial charge in [-0.25, -0.2) is 17.9 Å². The first-order valence-electron chi connectivity index (χ1n) is 6.68. The van der Waals surface area contributed by atoms with Crippen LogP contribution in [0.4, 0.5) is 26.7 Å². The molecule has 1 aromatic carbocycles. The molecule has 0 aliphatic carbocycles. The number of alkyl halides is 5. The second-order valence-corrected chi connectivity index (χ2v) is 6.14. The number of halogens is 5. The Balaban J connectivity index is 2.76. The average Bonchev–Trinajstić information content (AvgIpc) is 2.45. The van der Waals surface area contributed by atoms with Gasteiger partial charge in [-0.2, -0.15) is 13.2 Å². The fraction of sp³-hybridized carbons (Fsp3) is 0.429. The Kier molecular flexibility index (Phi) is 7.00. The first-order valence-corrected chi connectivity index (χ1v) is 7.45. The molecule has 0 heterocycles. The Bertz CT molecular complexity index is 595. The maximum atomic E-state index is 12.7. The highest BCUT2D eigenvalue weighted by Gasteiger charge is 2.30. The molecule has 0 unspecified atom stereocenters. The van der Waals surface area contributed by atoms with Crippen LogP contribution in [0.5, 0.6) is 0 Å². The molecule has 0 aromatic heterocycles. The second-order valence-electron chi connectivity index (χ2n) is 4.94. The molecule has 0 fully saturated rings. The summed E-state index contributed by atoms with van der Waals surface area (Å²) in [6.07, 6.45) is -8.47. The van der Waals surface area contributed by atoms with Crippen LogP contribution in [0, 0.1) is 5.92 Å². The predicted octanol–water partition coefficient (Wildman–Crippen LogP) is 5.06. The third-order valence-electron chi connectivity index (χ3n) is 2.71. The van der Waals surface area contributed by atoms with Crippen LogP contribution in [0.15, 0.2) is 34.3 Å². The van der Waals surface area contributed by atoms with Gasteiger partial charge in [0.1, 0.15) is 5.71 Å². The molecule has 4 nitrogen and oxygen atoms in total. The number of oxime groups is 1. The van der Waals surface area contributed by atoms with Gasteiger partial charge in [-0.3, -0.25) is 4.84 Å². The number of rotatable bonds is 5. The molecule has 134 valence electrons. The van der Waals surface area contributed by atoms with Crippen LogP contribution in [0.2, 0.25) is 0 Å². The van der Waals surface area contributed by atoms with Crippen LogP contribution < -0.4 is 0 Å². The number of carbonyl (C=O) groups is 1. The van der Waals surface area contributed by atoms with E-state index >= 15 is 0 Å². The summed E-state index contributed by atoms with van der Waals surface area (Å²) in [7, 11) is 1.22. The quantitative estimate of drug-likeness (QED) is 0.239. The SMILES string of the molecule is CC(C)C(=NOC(=O)N(C)Sc1cccc(C(F)(F)F)c1)C(F)F. The van der Waals surface area contributed by atoms with Crippen molar-refractivity contribution >= 4 is 23.8 Å². The number of carbonyl (C=O) groups excluding carboxylic acids is 1. The second kappa shape index (κ2) is 8.32. The van der Waals surface area contributed by atoms with E-state index in [2.05, 4.69) is 9.99 Å². The molecule has 1 aromatic rings. The molecule has 0 atom stereocenters. The van der Waals surface area contributed by atoms with Crippen molar-refractivity contribution in [3.05, 3.63) is 29.8 Å². The van der Waals surface area contributed by atoms with Gasteiger partial charge < -0.3 is 0 Å². The molecule has 0 spiro atoms. The summed E-state index contributed by atoms with van der Waals surface area (Å²) in [4.78, 5) is 16.2. The Hall–Kier alpha value is -1.84. The maximum Gasteiger partial charge on any atom is 0.446 e. The van der Waals surface area contributed by atoms with Crippen molar-refractivity contribution in [1.29, 1.82) is 0 Å². The Labute approximate surface area is 139 Å². The van der Waals surface area contributed by atoms with E-state index in [-0.39, 0.29) is 4.90 Å². The minimum Gasteiger partial charge on any atom is -0.297 e. The smallest absolute Gasteiger partial charge is 0.297 e. The van der Waals surface area contributed by atoms with E-state index in [1.165, 1.54) is 33.0 Å². The maximum absolute atomic E-state index is 12.7. The van der Waals surface area contributed by atoms with Gasteiger partial charge in [0.05, 0.1) is 5.56 Å². The van der Waals surface area contributed by atoms with Crippen molar-refractivity contribution in [1.82, 2.24) is 4.31 Å². The molecule has 24 heavy (non-hydrogen) atoms. The van der Waals surface area contributed by atoms with Crippen LogP contribution in [0.25, 0.3) is 0 Å². The molecule has 1 rings (SSSR count). The molecule has 0 saturated carbocycles. The van der Waals surface area contributed by atoms with Crippen molar-refractivity contribution in [2.75, 3.05) is 7.05 Å². The van der Waals surface area contributed by atoms with Crippen molar-refractivity contribution in [3.63, 3.8) is 0 Å². The van der Waals surface area contributed by atoms with Crippen LogP contribution in [-0.4, -0.2) is 29.6 Å². The van der Waals surface area contributed by atoms with E-state index in [4.69, 9.17) is 0 Å².